The number of methoxy groups -OCH3 is 1. The van der Waals surface area contributed by atoms with Gasteiger partial charge in [0.15, 0.2) is 0 Å². The fourth-order valence-corrected chi connectivity index (χ4v) is 4.06. The first-order chi connectivity index (χ1) is 9.48. The first-order valence-corrected chi connectivity index (χ1v) is 8.87. The number of esters is 1. The third-order valence-electron chi connectivity index (χ3n) is 3.05. The van der Waals surface area contributed by atoms with Gasteiger partial charge in [0.25, 0.3) is 0 Å². The average molecular weight is 316 g/mol. The zero-order valence-corrected chi connectivity index (χ0v) is 14.4. The molecule has 0 amide bonds. The molecule has 1 rings (SSSR count). The molecule has 0 fully saturated rings. The van der Waals surface area contributed by atoms with E-state index in [1.165, 1.54) is 11.3 Å². The lowest BCUT2D eigenvalue weighted by Gasteiger charge is -2.30. The molecule has 0 saturated heterocycles. The zero-order valence-electron chi connectivity index (χ0n) is 12.8. The molecule has 114 valence electrons. The second-order valence-electron chi connectivity index (χ2n) is 5.36. The molecule has 20 heavy (non-hydrogen) atoms. The minimum atomic E-state index is -0.573. The molecule has 0 radical (unpaired) electrons. The summed E-state index contributed by atoms with van der Waals surface area (Å²) >= 11 is 3.67. The summed E-state index contributed by atoms with van der Waals surface area (Å²) in [5, 5.41) is 5.43. The Morgan fingerprint density at radius 3 is 2.80 bits per heavy atom. The van der Waals surface area contributed by atoms with Crippen LogP contribution < -0.4 is 5.32 Å². The maximum atomic E-state index is 11.9. The molecule has 0 aromatic carbocycles. The Morgan fingerprint density at radius 2 is 2.25 bits per heavy atom. The number of hydrogen-bond donors (Lipinski definition) is 1. The summed E-state index contributed by atoms with van der Waals surface area (Å²) in [4.78, 5) is 11.9. The summed E-state index contributed by atoms with van der Waals surface area (Å²) in [5.41, 5.74) is -0.573. The van der Waals surface area contributed by atoms with E-state index in [2.05, 4.69) is 22.8 Å². The number of rotatable bonds is 9. The Bertz CT molecular complexity index is 393. The fraction of sp³-hybridized carbons (Fsp3) is 0.667. The first-order valence-electron chi connectivity index (χ1n) is 7.00. The van der Waals surface area contributed by atoms with E-state index in [1.807, 2.05) is 32.5 Å². The maximum Gasteiger partial charge on any atom is 0.325 e. The standard InChI is InChI=1S/C15H25NO2S2/c1-12(2)16-15(3,14(17)18-4)9-5-6-10-19-13-8-7-11-20-13/h7-8,11-12,16H,5-6,9-10H2,1-4H3. The number of hydrogen-bond acceptors (Lipinski definition) is 5. The fourth-order valence-electron chi connectivity index (χ4n) is 2.19. The van der Waals surface area contributed by atoms with Gasteiger partial charge in [-0.25, -0.2) is 0 Å². The Kier molecular flexibility index (Phi) is 7.62. The molecule has 0 saturated carbocycles. The lowest BCUT2D eigenvalue weighted by Crippen LogP contribution is -2.52. The van der Waals surface area contributed by atoms with Gasteiger partial charge < -0.3 is 4.74 Å². The molecular weight excluding hydrogens is 290 g/mol. The predicted octanol–water partition coefficient (Wildman–Crippen LogP) is 3.94. The van der Waals surface area contributed by atoms with E-state index in [1.54, 1.807) is 11.3 Å². The van der Waals surface area contributed by atoms with Gasteiger partial charge in [-0.3, -0.25) is 10.1 Å². The van der Waals surface area contributed by atoms with Crippen LogP contribution in [0.25, 0.3) is 0 Å². The number of ether oxygens (including phenoxy) is 1. The smallest absolute Gasteiger partial charge is 0.325 e. The van der Waals surface area contributed by atoms with Gasteiger partial charge >= 0.3 is 5.97 Å². The monoisotopic (exact) mass is 315 g/mol. The molecule has 1 atom stereocenters. The van der Waals surface area contributed by atoms with Crippen LogP contribution in [0.1, 0.15) is 40.0 Å². The van der Waals surface area contributed by atoms with Gasteiger partial charge in [0.2, 0.25) is 0 Å². The van der Waals surface area contributed by atoms with Gasteiger partial charge in [0, 0.05) is 6.04 Å². The van der Waals surface area contributed by atoms with Crippen molar-refractivity contribution in [2.24, 2.45) is 0 Å². The number of carbonyl (C=O) groups is 1. The molecule has 0 bridgehead atoms. The van der Waals surface area contributed by atoms with Gasteiger partial charge in [-0.2, -0.15) is 0 Å². The van der Waals surface area contributed by atoms with E-state index in [4.69, 9.17) is 4.74 Å². The topological polar surface area (TPSA) is 38.3 Å². The van der Waals surface area contributed by atoms with Crippen LogP contribution in [-0.2, 0) is 9.53 Å². The van der Waals surface area contributed by atoms with Crippen molar-refractivity contribution in [1.82, 2.24) is 5.32 Å². The number of carbonyl (C=O) groups excluding carboxylic acids is 1. The van der Waals surface area contributed by atoms with Crippen molar-refractivity contribution in [3.8, 4) is 0 Å². The summed E-state index contributed by atoms with van der Waals surface area (Å²) in [6.07, 6.45) is 2.93. The van der Waals surface area contributed by atoms with Crippen LogP contribution in [-0.4, -0.2) is 30.4 Å². The van der Waals surface area contributed by atoms with Crippen molar-refractivity contribution in [2.45, 2.75) is 55.8 Å². The lowest BCUT2D eigenvalue weighted by atomic mass is 9.94. The summed E-state index contributed by atoms with van der Waals surface area (Å²) in [7, 11) is 1.45. The summed E-state index contributed by atoms with van der Waals surface area (Å²) < 4.78 is 6.29. The number of thiophene rings is 1. The summed E-state index contributed by atoms with van der Waals surface area (Å²) in [5.74, 6) is 0.927. The van der Waals surface area contributed by atoms with Crippen molar-refractivity contribution >= 4 is 29.1 Å². The van der Waals surface area contributed by atoms with Crippen molar-refractivity contribution in [1.29, 1.82) is 0 Å². The van der Waals surface area contributed by atoms with Crippen molar-refractivity contribution in [3.63, 3.8) is 0 Å². The third-order valence-corrected chi connectivity index (χ3v) is 5.27. The van der Waals surface area contributed by atoms with Crippen LogP contribution in [0.4, 0.5) is 0 Å². The Morgan fingerprint density at radius 1 is 1.50 bits per heavy atom. The Balaban J connectivity index is 2.33. The van der Waals surface area contributed by atoms with E-state index in [9.17, 15) is 4.79 Å². The number of thioether (sulfide) groups is 1. The molecule has 1 aromatic heterocycles. The molecular formula is C15H25NO2S2. The van der Waals surface area contributed by atoms with E-state index in [0.29, 0.717) is 0 Å². The molecule has 0 spiro atoms. The molecule has 0 aliphatic heterocycles. The zero-order chi connectivity index (χ0) is 15.0. The van der Waals surface area contributed by atoms with Crippen LogP contribution in [0.5, 0.6) is 0 Å². The van der Waals surface area contributed by atoms with E-state index < -0.39 is 5.54 Å². The van der Waals surface area contributed by atoms with Gasteiger partial charge in [-0.15, -0.1) is 23.1 Å². The van der Waals surface area contributed by atoms with Gasteiger partial charge in [0.05, 0.1) is 11.3 Å². The van der Waals surface area contributed by atoms with Gasteiger partial charge in [-0.1, -0.05) is 12.5 Å². The predicted molar refractivity (Wildman–Crippen MR) is 87.6 cm³/mol. The van der Waals surface area contributed by atoms with Crippen LogP contribution in [0.2, 0.25) is 0 Å². The van der Waals surface area contributed by atoms with E-state index in [-0.39, 0.29) is 12.0 Å². The highest BCUT2D eigenvalue weighted by molar-refractivity contribution is 8.01. The van der Waals surface area contributed by atoms with Crippen LogP contribution >= 0.6 is 23.1 Å². The number of nitrogens with one attached hydrogen (secondary N) is 1. The maximum absolute atomic E-state index is 11.9. The second kappa shape index (κ2) is 8.70. The van der Waals surface area contributed by atoms with Crippen LogP contribution in [0.3, 0.4) is 0 Å². The highest BCUT2D eigenvalue weighted by Crippen LogP contribution is 2.25. The third kappa shape index (κ3) is 5.85. The summed E-state index contributed by atoms with van der Waals surface area (Å²) in [6, 6.07) is 4.49. The molecule has 1 aromatic rings. The molecule has 1 N–H and O–H groups in total. The Labute approximate surface area is 130 Å². The normalized spacial score (nSPS) is 14.2. The van der Waals surface area contributed by atoms with E-state index in [0.717, 1.165) is 25.0 Å². The average Bonchev–Trinajstić information content (AvgIpc) is 2.89. The van der Waals surface area contributed by atoms with Crippen LogP contribution in [0.15, 0.2) is 21.7 Å². The molecule has 5 heteroatoms. The molecule has 1 unspecified atom stereocenters. The van der Waals surface area contributed by atoms with Gasteiger partial charge in [-0.05, 0) is 50.8 Å². The van der Waals surface area contributed by atoms with E-state index >= 15 is 0 Å². The SMILES string of the molecule is COC(=O)C(C)(CCCCSc1cccs1)NC(C)C. The minimum absolute atomic E-state index is 0.169. The quantitative estimate of drug-likeness (QED) is 0.425. The summed E-state index contributed by atoms with van der Waals surface area (Å²) in [6.45, 7) is 6.03. The van der Waals surface area contributed by atoms with Crippen molar-refractivity contribution in [3.05, 3.63) is 17.5 Å². The highest BCUT2D eigenvalue weighted by atomic mass is 32.2. The largest absolute Gasteiger partial charge is 0.468 e. The number of unbranched alkanes of at least 4 members (excludes halogenated alkanes) is 1. The van der Waals surface area contributed by atoms with Crippen LogP contribution in [0, 0.1) is 0 Å². The van der Waals surface area contributed by atoms with Crippen molar-refractivity contribution < 1.29 is 9.53 Å². The molecule has 1 heterocycles. The highest BCUT2D eigenvalue weighted by Gasteiger charge is 2.33. The molecule has 0 aliphatic rings. The first kappa shape index (κ1) is 17.5. The second-order valence-corrected chi connectivity index (χ2v) is 7.70. The van der Waals surface area contributed by atoms with Crippen molar-refractivity contribution in [2.75, 3.05) is 12.9 Å². The minimum Gasteiger partial charge on any atom is -0.468 e. The molecule has 3 nitrogen and oxygen atoms in total. The lowest BCUT2D eigenvalue weighted by molar-refractivity contribution is -0.148. The van der Waals surface area contributed by atoms with Gasteiger partial charge in [0.1, 0.15) is 5.54 Å². The Hall–Kier alpha value is -0.520. The molecule has 0 aliphatic carbocycles.